The van der Waals surface area contributed by atoms with Crippen molar-refractivity contribution < 1.29 is 20.1 Å². The van der Waals surface area contributed by atoms with Crippen LogP contribution in [0.4, 0.5) is 0 Å². The van der Waals surface area contributed by atoms with Crippen molar-refractivity contribution in [2.24, 2.45) is 5.92 Å². The highest BCUT2D eigenvalue weighted by Crippen LogP contribution is 2.32. The Morgan fingerprint density at radius 2 is 1.89 bits per heavy atom. The van der Waals surface area contributed by atoms with Gasteiger partial charge in [-0.15, -0.1) is 0 Å². The molecule has 0 aromatic carbocycles. The van der Waals surface area contributed by atoms with Crippen LogP contribution in [0.3, 0.4) is 0 Å². The molecule has 1 fully saturated rings. The van der Waals surface area contributed by atoms with Gasteiger partial charge < -0.3 is 20.2 Å². The highest BCUT2D eigenvalue weighted by Gasteiger charge is 2.36. The fourth-order valence-corrected chi connectivity index (χ4v) is 2.78. The molecule has 18 heavy (non-hydrogen) atoms. The van der Waals surface area contributed by atoms with Crippen LogP contribution in [0.2, 0.25) is 0 Å². The number of hydrogen-bond donors (Lipinski definition) is 3. The fourth-order valence-electron chi connectivity index (χ4n) is 2.78. The van der Waals surface area contributed by atoms with Gasteiger partial charge in [-0.3, -0.25) is 4.79 Å². The molecule has 1 aliphatic carbocycles. The first-order valence-electron chi connectivity index (χ1n) is 6.47. The monoisotopic (exact) mass is 259 g/mol. The average Bonchev–Trinajstić information content (AvgIpc) is 2.13. The fraction of sp³-hybridized carbons (Fsp3) is 0.923. The standard InChI is InChI=1S/C13H25NO4/c1-12(2,17)8-14(3)9-13(18)6-4-10(5-7-13)11(15)16/h10,17-18H,4-9H2,1-3H3,(H,15,16). The molecule has 1 rings (SSSR count). The lowest BCUT2D eigenvalue weighted by Crippen LogP contribution is -2.48. The number of carboxylic acids is 1. The summed E-state index contributed by atoms with van der Waals surface area (Å²) in [6.45, 7) is 4.42. The van der Waals surface area contributed by atoms with E-state index in [0.29, 0.717) is 38.8 Å². The Bertz CT molecular complexity index is 290. The molecular weight excluding hydrogens is 234 g/mol. The molecule has 3 N–H and O–H groups in total. The summed E-state index contributed by atoms with van der Waals surface area (Å²) in [7, 11) is 1.86. The van der Waals surface area contributed by atoms with Gasteiger partial charge in [0.25, 0.3) is 0 Å². The van der Waals surface area contributed by atoms with Crippen LogP contribution in [0.1, 0.15) is 39.5 Å². The molecule has 0 amide bonds. The predicted molar refractivity (Wildman–Crippen MR) is 68.3 cm³/mol. The molecule has 1 saturated carbocycles. The van der Waals surface area contributed by atoms with E-state index in [1.807, 2.05) is 11.9 Å². The van der Waals surface area contributed by atoms with Crippen LogP contribution in [-0.4, -0.2) is 57.5 Å². The molecule has 0 atom stereocenters. The van der Waals surface area contributed by atoms with Gasteiger partial charge in [0.15, 0.2) is 0 Å². The first-order chi connectivity index (χ1) is 8.11. The summed E-state index contributed by atoms with van der Waals surface area (Å²) in [5.74, 6) is -1.08. The predicted octanol–water partition coefficient (Wildman–Crippen LogP) is 0.695. The minimum atomic E-state index is -0.814. The highest BCUT2D eigenvalue weighted by molar-refractivity contribution is 5.70. The number of nitrogens with zero attached hydrogens (tertiary/aromatic N) is 1. The Morgan fingerprint density at radius 1 is 1.39 bits per heavy atom. The molecule has 1 aliphatic rings. The van der Waals surface area contributed by atoms with Crippen LogP contribution in [0.15, 0.2) is 0 Å². The molecule has 0 spiro atoms. The van der Waals surface area contributed by atoms with Gasteiger partial charge in [-0.25, -0.2) is 0 Å². The second-order valence-electron chi connectivity index (χ2n) is 6.32. The normalized spacial score (nSPS) is 29.6. The van der Waals surface area contributed by atoms with Crippen molar-refractivity contribution >= 4 is 5.97 Å². The summed E-state index contributed by atoms with van der Waals surface area (Å²) in [5, 5.41) is 29.1. The van der Waals surface area contributed by atoms with E-state index in [2.05, 4.69) is 0 Å². The number of hydrogen-bond acceptors (Lipinski definition) is 4. The van der Waals surface area contributed by atoms with Gasteiger partial charge in [0.2, 0.25) is 0 Å². The van der Waals surface area contributed by atoms with E-state index in [-0.39, 0.29) is 5.92 Å². The lowest BCUT2D eigenvalue weighted by atomic mass is 9.78. The number of aliphatic hydroxyl groups is 2. The summed E-state index contributed by atoms with van der Waals surface area (Å²) in [6.07, 6.45) is 2.09. The van der Waals surface area contributed by atoms with Gasteiger partial charge in [-0.05, 0) is 46.6 Å². The topological polar surface area (TPSA) is 81.0 Å². The number of carbonyl (C=O) groups is 1. The third-order valence-corrected chi connectivity index (χ3v) is 3.49. The van der Waals surface area contributed by atoms with Crippen LogP contribution in [-0.2, 0) is 4.79 Å². The Hall–Kier alpha value is -0.650. The molecular formula is C13H25NO4. The molecule has 0 unspecified atom stereocenters. The molecule has 0 aromatic heterocycles. The lowest BCUT2D eigenvalue weighted by Gasteiger charge is -2.38. The lowest BCUT2D eigenvalue weighted by molar-refractivity contribution is -0.145. The van der Waals surface area contributed by atoms with E-state index in [1.54, 1.807) is 13.8 Å². The SMILES string of the molecule is CN(CC(C)(C)O)CC1(O)CCC(C(=O)O)CC1. The first-order valence-corrected chi connectivity index (χ1v) is 6.47. The minimum absolute atomic E-state index is 0.315. The second-order valence-corrected chi connectivity index (χ2v) is 6.32. The van der Waals surface area contributed by atoms with Gasteiger partial charge in [0, 0.05) is 13.1 Å². The van der Waals surface area contributed by atoms with E-state index < -0.39 is 17.2 Å². The second kappa shape index (κ2) is 5.55. The largest absolute Gasteiger partial charge is 0.481 e. The number of carboxylic acid groups (broad SMARTS) is 1. The molecule has 0 heterocycles. The Kier molecular flexibility index (Phi) is 4.75. The smallest absolute Gasteiger partial charge is 0.306 e. The maximum Gasteiger partial charge on any atom is 0.306 e. The molecule has 0 aromatic rings. The van der Waals surface area contributed by atoms with E-state index in [1.165, 1.54) is 0 Å². The van der Waals surface area contributed by atoms with Crippen molar-refractivity contribution in [1.82, 2.24) is 4.90 Å². The molecule has 5 nitrogen and oxygen atoms in total. The van der Waals surface area contributed by atoms with Crippen molar-refractivity contribution in [3.8, 4) is 0 Å². The quantitative estimate of drug-likeness (QED) is 0.677. The third kappa shape index (κ3) is 4.92. The molecule has 0 aliphatic heterocycles. The van der Waals surface area contributed by atoms with Crippen molar-refractivity contribution in [2.45, 2.75) is 50.7 Å². The van der Waals surface area contributed by atoms with Gasteiger partial charge in [0.05, 0.1) is 17.1 Å². The molecule has 0 radical (unpaired) electrons. The number of likely N-dealkylation sites (N-methyl/N-ethyl adjacent to an activating group) is 1. The van der Waals surface area contributed by atoms with Gasteiger partial charge >= 0.3 is 5.97 Å². The Labute approximate surface area is 108 Å². The summed E-state index contributed by atoms with van der Waals surface area (Å²) in [5.41, 5.74) is -1.60. The molecule has 0 bridgehead atoms. The van der Waals surface area contributed by atoms with Crippen LogP contribution in [0.25, 0.3) is 0 Å². The average molecular weight is 259 g/mol. The van der Waals surface area contributed by atoms with Crippen molar-refractivity contribution in [3.05, 3.63) is 0 Å². The zero-order valence-electron chi connectivity index (χ0n) is 11.5. The zero-order chi connectivity index (χ0) is 14.0. The Balaban J connectivity index is 2.45. The van der Waals surface area contributed by atoms with Crippen LogP contribution in [0, 0.1) is 5.92 Å². The summed E-state index contributed by atoms with van der Waals surface area (Å²) < 4.78 is 0. The summed E-state index contributed by atoms with van der Waals surface area (Å²) >= 11 is 0. The summed E-state index contributed by atoms with van der Waals surface area (Å²) in [6, 6.07) is 0. The van der Waals surface area contributed by atoms with Crippen LogP contribution >= 0.6 is 0 Å². The van der Waals surface area contributed by atoms with E-state index in [4.69, 9.17) is 5.11 Å². The van der Waals surface area contributed by atoms with E-state index in [9.17, 15) is 15.0 Å². The maximum absolute atomic E-state index is 10.9. The van der Waals surface area contributed by atoms with Gasteiger partial charge in [-0.1, -0.05) is 0 Å². The number of aliphatic carboxylic acids is 1. The van der Waals surface area contributed by atoms with Crippen LogP contribution in [0.5, 0.6) is 0 Å². The molecule has 106 valence electrons. The zero-order valence-corrected chi connectivity index (χ0v) is 11.5. The van der Waals surface area contributed by atoms with Crippen molar-refractivity contribution in [1.29, 1.82) is 0 Å². The maximum atomic E-state index is 10.9. The van der Waals surface area contributed by atoms with Gasteiger partial charge in [0.1, 0.15) is 0 Å². The van der Waals surface area contributed by atoms with Gasteiger partial charge in [-0.2, -0.15) is 0 Å². The van der Waals surface area contributed by atoms with E-state index >= 15 is 0 Å². The van der Waals surface area contributed by atoms with Crippen LogP contribution < -0.4 is 0 Å². The van der Waals surface area contributed by atoms with Crippen molar-refractivity contribution in [2.75, 3.05) is 20.1 Å². The third-order valence-electron chi connectivity index (χ3n) is 3.49. The minimum Gasteiger partial charge on any atom is -0.481 e. The molecule has 5 heteroatoms. The Morgan fingerprint density at radius 3 is 2.28 bits per heavy atom. The highest BCUT2D eigenvalue weighted by atomic mass is 16.4. The van der Waals surface area contributed by atoms with Crippen molar-refractivity contribution in [3.63, 3.8) is 0 Å². The first kappa shape index (κ1) is 15.4. The summed E-state index contributed by atoms with van der Waals surface area (Å²) in [4.78, 5) is 12.8. The number of rotatable bonds is 5. The molecule has 0 saturated heterocycles. The van der Waals surface area contributed by atoms with E-state index in [0.717, 1.165) is 0 Å².